The van der Waals surface area contributed by atoms with Gasteiger partial charge in [-0.2, -0.15) is 0 Å². The summed E-state index contributed by atoms with van der Waals surface area (Å²) in [6, 6.07) is 15.6. The van der Waals surface area contributed by atoms with Gasteiger partial charge in [-0.1, -0.05) is 23.4 Å². The van der Waals surface area contributed by atoms with E-state index in [0.29, 0.717) is 18.0 Å². The van der Waals surface area contributed by atoms with Crippen LogP contribution in [0.5, 0.6) is 11.5 Å². The maximum absolute atomic E-state index is 13.5. The van der Waals surface area contributed by atoms with Crippen molar-refractivity contribution in [2.45, 2.75) is 19.0 Å². The Bertz CT molecular complexity index is 1240. The molecule has 1 atom stereocenters. The third-order valence-electron chi connectivity index (χ3n) is 5.71. The quantitative estimate of drug-likeness (QED) is 0.479. The molecule has 1 aliphatic heterocycles. The minimum atomic E-state index is -0.175. The predicted molar refractivity (Wildman–Crippen MR) is 119 cm³/mol. The molecule has 0 N–H and O–H groups in total. The highest BCUT2D eigenvalue weighted by Gasteiger charge is 2.34. The molecular weight excluding hydrogens is 412 g/mol. The van der Waals surface area contributed by atoms with E-state index in [0.717, 1.165) is 27.9 Å². The van der Waals surface area contributed by atoms with Gasteiger partial charge in [-0.15, -0.1) is 16.4 Å². The van der Waals surface area contributed by atoms with Gasteiger partial charge in [0.2, 0.25) is 5.91 Å². The number of ether oxygens (including phenoxy) is 2. The van der Waals surface area contributed by atoms with Crippen molar-refractivity contribution in [1.29, 1.82) is 0 Å². The van der Waals surface area contributed by atoms with Crippen LogP contribution in [0.4, 0.5) is 0 Å². The molecule has 0 radical (unpaired) electrons. The molecule has 0 aliphatic carbocycles. The first-order valence-electron chi connectivity index (χ1n) is 10.1. The summed E-state index contributed by atoms with van der Waals surface area (Å²) in [5.41, 5.74) is 3.88. The molecule has 7 nitrogen and oxygen atoms in total. The van der Waals surface area contributed by atoms with Crippen molar-refractivity contribution in [2.24, 2.45) is 0 Å². The molecule has 1 amide bonds. The lowest BCUT2D eigenvalue weighted by Gasteiger charge is -2.37. The summed E-state index contributed by atoms with van der Waals surface area (Å²) in [7, 11) is 3.27. The molecule has 5 rings (SSSR count). The van der Waals surface area contributed by atoms with Gasteiger partial charge in [0.25, 0.3) is 0 Å². The Morgan fingerprint density at radius 1 is 1.13 bits per heavy atom. The van der Waals surface area contributed by atoms with E-state index in [1.807, 2.05) is 52.7 Å². The van der Waals surface area contributed by atoms with Gasteiger partial charge < -0.3 is 14.4 Å². The summed E-state index contributed by atoms with van der Waals surface area (Å²) in [5.74, 6) is 1.38. The molecule has 2 aromatic carbocycles. The number of carbonyl (C=O) groups excluding carboxylic acids is 1. The minimum Gasteiger partial charge on any atom is -0.493 e. The van der Waals surface area contributed by atoms with Gasteiger partial charge in [0.15, 0.2) is 11.5 Å². The molecule has 2 aromatic heterocycles. The Morgan fingerprint density at radius 3 is 2.71 bits per heavy atom. The zero-order valence-corrected chi connectivity index (χ0v) is 18.1. The molecule has 8 heteroatoms. The maximum atomic E-state index is 13.5. The molecule has 0 fully saturated rings. The summed E-state index contributed by atoms with van der Waals surface area (Å²) in [6.07, 6.45) is 0.751. The number of methoxy groups -OCH3 is 2. The number of fused-ring (bicyclic) bond motifs is 2. The van der Waals surface area contributed by atoms with Crippen LogP contribution in [0, 0.1) is 0 Å². The number of carbonyl (C=O) groups is 1. The topological polar surface area (TPSA) is 69.5 Å². The van der Waals surface area contributed by atoms with Crippen LogP contribution in [0.1, 0.15) is 22.0 Å². The fraction of sp³-hybridized carbons (Fsp3) is 0.261. The summed E-state index contributed by atoms with van der Waals surface area (Å²) in [6.45, 7) is 0.765. The molecule has 3 heterocycles. The number of amides is 1. The van der Waals surface area contributed by atoms with Gasteiger partial charge in [0.05, 0.1) is 25.8 Å². The van der Waals surface area contributed by atoms with E-state index in [-0.39, 0.29) is 18.5 Å². The number of thiophene rings is 1. The van der Waals surface area contributed by atoms with Crippen molar-refractivity contribution < 1.29 is 14.3 Å². The minimum absolute atomic E-state index is 0.00879. The van der Waals surface area contributed by atoms with E-state index in [2.05, 4.69) is 16.4 Å². The van der Waals surface area contributed by atoms with Gasteiger partial charge in [-0.3, -0.25) is 4.79 Å². The Hall–Kier alpha value is -3.39. The molecule has 0 spiro atoms. The fourth-order valence-electron chi connectivity index (χ4n) is 4.22. The monoisotopic (exact) mass is 434 g/mol. The molecule has 0 bridgehead atoms. The zero-order chi connectivity index (χ0) is 21.4. The number of rotatable bonds is 5. The molecule has 4 aromatic rings. The first-order chi connectivity index (χ1) is 15.2. The van der Waals surface area contributed by atoms with Gasteiger partial charge in [-0.25, -0.2) is 4.68 Å². The summed E-state index contributed by atoms with van der Waals surface area (Å²) in [4.78, 5) is 16.5. The van der Waals surface area contributed by atoms with Crippen LogP contribution in [0.2, 0.25) is 0 Å². The zero-order valence-electron chi connectivity index (χ0n) is 17.3. The second kappa shape index (κ2) is 8.03. The summed E-state index contributed by atoms with van der Waals surface area (Å²) < 4.78 is 12.7. The smallest absolute Gasteiger partial charge is 0.245 e. The second-order valence-electron chi connectivity index (χ2n) is 7.40. The van der Waals surface area contributed by atoms with Crippen molar-refractivity contribution in [2.75, 3.05) is 20.8 Å². The van der Waals surface area contributed by atoms with Crippen LogP contribution in [0.25, 0.3) is 11.0 Å². The predicted octanol–water partition coefficient (Wildman–Crippen LogP) is 3.68. The van der Waals surface area contributed by atoms with Crippen LogP contribution in [-0.4, -0.2) is 46.6 Å². The van der Waals surface area contributed by atoms with Gasteiger partial charge in [-0.05, 0) is 53.3 Å². The number of nitrogens with zero attached hydrogens (tertiary/aromatic N) is 4. The average molecular weight is 435 g/mol. The lowest BCUT2D eigenvalue weighted by atomic mass is 9.90. The van der Waals surface area contributed by atoms with E-state index < -0.39 is 0 Å². The Morgan fingerprint density at radius 2 is 1.94 bits per heavy atom. The number of hydrogen-bond acceptors (Lipinski definition) is 6. The largest absolute Gasteiger partial charge is 0.493 e. The van der Waals surface area contributed by atoms with Gasteiger partial charge in [0, 0.05) is 11.4 Å². The van der Waals surface area contributed by atoms with Crippen LogP contribution >= 0.6 is 11.3 Å². The third-order valence-corrected chi connectivity index (χ3v) is 6.64. The summed E-state index contributed by atoms with van der Waals surface area (Å²) in [5, 5.41) is 10.4. The number of benzene rings is 2. The normalized spacial score (nSPS) is 15.7. The second-order valence-corrected chi connectivity index (χ2v) is 8.38. The average Bonchev–Trinajstić information content (AvgIpc) is 3.48. The highest BCUT2D eigenvalue weighted by molar-refractivity contribution is 7.10. The van der Waals surface area contributed by atoms with Crippen molar-refractivity contribution in [3.05, 3.63) is 69.9 Å². The molecule has 0 saturated heterocycles. The van der Waals surface area contributed by atoms with E-state index >= 15 is 0 Å². The number of para-hydroxylation sites is 1. The van der Waals surface area contributed by atoms with E-state index in [4.69, 9.17) is 9.47 Å². The lowest BCUT2D eigenvalue weighted by molar-refractivity contribution is -0.134. The van der Waals surface area contributed by atoms with Gasteiger partial charge in [0.1, 0.15) is 12.1 Å². The van der Waals surface area contributed by atoms with Crippen molar-refractivity contribution in [1.82, 2.24) is 19.9 Å². The standard InChI is InChI=1S/C23H22N4O3S/c1-29-19-12-15-9-10-26(22(28)14-27-18-7-4-3-6-17(18)24-25-27)23(21-8-5-11-31-21)16(15)13-20(19)30-2/h3-8,11-13,23H,9-10,14H2,1-2H3/t23-/m0/s1. The van der Waals surface area contributed by atoms with E-state index in [9.17, 15) is 4.79 Å². The van der Waals surface area contributed by atoms with E-state index in [1.165, 1.54) is 5.56 Å². The van der Waals surface area contributed by atoms with Crippen LogP contribution in [-0.2, 0) is 17.8 Å². The summed E-state index contributed by atoms with van der Waals surface area (Å²) >= 11 is 1.65. The highest BCUT2D eigenvalue weighted by Crippen LogP contribution is 2.42. The Balaban J connectivity index is 1.53. The van der Waals surface area contributed by atoms with Crippen molar-refractivity contribution >= 4 is 28.3 Å². The molecule has 158 valence electrons. The van der Waals surface area contributed by atoms with Crippen LogP contribution in [0.15, 0.2) is 53.9 Å². The van der Waals surface area contributed by atoms with Crippen LogP contribution < -0.4 is 9.47 Å². The Kier molecular flexibility index (Phi) is 5.07. The molecule has 0 unspecified atom stereocenters. The number of aromatic nitrogens is 3. The Labute approximate surface area is 183 Å². The van der Waals surface area contributed by atoms with Crippen molar-refractivity contribution in [3.8, 4) is 11.5 Å². The lowest BCUT2D eigenvalue weighted by Crippen LogP contribution is -2.42. The number of hydrogen-bond donors (Lipinski definition) is 0. The van der Waals surface area contributed by atoms with Crippen molar-refractivity contribution in [3.63, 3.8) is 0 Å². The molecule has 31 heavy (non-hydrogen) atoms. The molecule has 1 aliphatic rings. The first-order valence-corrected chi connectivity index (χ1v) is 10.9. The molecule has 0 saturated carbocycles. The SMILES string of the molecule is COc1cc2c(cc1OC)[C@@H](c1cccs1)N(C(=O)Cn1nnc3ccccc31)CC2. The van der Waals surface area contributed by atoms with Gasteiger partial charge >= 0.3 is 0 Å². The molecular formula is C23H22N4O3S. The maximum Gasteiger partial charge on any atom is 0.245 e. The highest BCUT2D eigenvalue weighted by atomic mass is 32.1. The van der Waals surface area contributed by atoms with E-state index in [1.54, 1.807) is 30.2 Å². The fourth-order valence-corrected chi connectivity index (χ4v) is 5.08. The third kappa shape index (κ3) is 3.42. The van der Waals surface area contributed by atoms with Crippen LogP contribution in [0.3, 0.4) is 0 Å². The first kappa shape index (κ1) is 19.6.